The fourth-order valence-corrected chi connectivity index (χ4v) is 2.89. The van der Waals surface area contributed by atoms with Crippen molar-refractivity contribution in [3.05, 3.63) is 29.8 Å². The van der Waals surface area contributed by atoms with Crippen molar-refractivity contribution in [1.82, 2.24) is 10.2 Å². The van der Waals surface area contributed by atoms with E-state index in [4.69, 9.17) is 4.74 Å². The first-order valence-electron chi connectivity index (χ1n) is 7.02. The number of methoxy groups -OCH3 is 1. The van der Waals surface area contributed by atoms with Crippen LogP contribution in [0.3, 0.4) is 0 Å². The molecule has 1 saturated heterocycles. The quantitative estimate of drug-likeness (QED) is 0.860. The molecule has 1 N–H and O–H groups in total. The van der Waals surface area contributed by atoms with Crippen LogP contribution < -0.4 is 10.1 Å². The van der Waals surface area contributed by atoms with Crippen LogP contribution in [0.15, 0.2) is 24.3 Å². The van der Waals surface area contributed by atoms with Crippen LogP contribution in [0, 0.1) is 0 Å². The lowest BCUT2D eigenvalue weighted by molar-refractivity contribution is -0.128. The van der Waals surface area contributed by atoms with Gasteiger partial charge in [0.1, 0.15) is 11.9 Å². The van der Waals surface area contributed by atoms with Crippen molar-refractivity contribution in [2.75, 3.05) is 26.5 Å². The number of ether oxygens (including phenoxy) is 1. The molecule has 1 aromatic rings. The van der Waals surface area contributed by atoms with E-state index >= 15 is 0 Å². The highest BCUT2D eigenvalue weighted by Crippen LogP contribution is 2.30. The molecule has 1 aromatic carbocycles. The van der Waals surface area contributed by atoms with Crippen molar-refractivity contribution in [3.8, 4) is 5.75 Å². The van der Waals surface area contributed by atoms with E-state index in [1.807, 2.05) is 31.2 Å². The van der Waals surface area contributed by atoms with Crippen LogP contribution in [0.4, 0.5) is 0 Å². The van der Waals surface area contributed by atoms with Crippen LogP contribution >= 0.6 is 0 Å². The number of para-hydroxylation sites is 1. The topological polar surface area (TPSA) is 58.6 Å². The summed E-state index contributed by atoms with van der Waals surface area (Å²) >= 11 is 0. The maximum atomic E-state index is 12.1. The molecule has 1 aliphatic heterocycles. The molecule has 1 heterocycles. The minimum atomic E-state index is -0.866. The number of nitrogens with zero attached hydrogens (tertiary/aromatic N) is 1. The molecule has 116 valence electrons. The third-order valence-corrected chi connectivity index (χ3v) is 5.22. The van der Waals surface area contributed by atoms with Gasteiger partial charge in [0.25, 0.3) is 0 Å². The summed E-state index contributed by atoms with van der Waals surface area (Å²) < 4.78 is 16.8. The molecule has 6 heteroatoms. The number of carbonyl (C=O) groups is 1. The maximum absolute atomic E-state index is 12.1. The van der Waals surface area contributed by atoms with Gasteiger partial charge in [0.15, 0.2) is 0 Å². The summed E-state index contributed by atoms with van der Waals surface area (Å²) in [6, 6.07) is 7.70. The maximum Gasteiger partial charge on any atom is 0.238 e. The number of amides is 1. The van der Waals surface area contributed by atoms with Crippen LogP contribution in [0.5, 0.6) is 5.75 Å². The van der Waals surface area contributed by atoms with E-state index in [9.17, 15) is 9.00 Å². The Morgan fingerprint density at radius 3 is 2.86 bits per heavy atom. The van der Waals surface area contributed by atoms with E-state index in [0.717, 1.165) is 17.7 Å². The van der Waals surface area contributed by atoms with Crippen LogP contribution in [0.25, 0.3) is 0 Å². The summed E-state index contributed by atoms with van der Waals surface area (Å²) in [5.41, 5.74) is 0.955. The van der Waals surface area contributed by atoms with Gasteiger partial charge in [-0.15, -0.1) is 0 Å². The lowest BCUT2D eigenvalue weighted by Gasteiger charge is -2.26. The molecular weight excluding hydrogens is 288 g/mol. The average Bonchev–Trinajstić information content (AvgIpc) is 2.85. The molecule has 5 nitrogen and oxygen atoms in total. The fraction of sp³-hybridized carbons (Fsp3) is 0.533. The number of hydrogen-bond donors (Lipinski definition) is 1. The normalized spacial score (nSPS) is 21.4. The smallest absolute Gasteiger partial charge is 0.238 e. The second kappa shape index (κ2) is 7.04. The summed E-state index contributed by atoms with van der Waals surface area (Å²) in [7, 11) is 0.761. The molecule has 3 atom stereocenters. The van der Waals surface area contributed by atoms with Crippen molar-refractivity contribution < 1.29 is 13.7 Å². The van der Waals surface area contributed by atoms with Crippen molar-refractivity contribution in [2.24, 2.45) is 0 Å². The number of nitrogens with one attached hydrogen (secondary N) is 1. The van der Waals surface area contributed by atoms with Crippen molar-refractivity contribution in [1.29, 1.82) is 0 Å². The molecule has 0 aromatic heterocycles. The van der Waals surface area contributed by atoms with Gasteiger partial charge in [0.05, 0.1) is 13.7 Å². The molecule has 0 spiro atoms. The largest absolute Gasteiger partial charge is 0.496 e. The number of carbonyl (C=O) groups excluding carboxylic acids is 1. The highest BCUT2D eigenvalue weighted by molar-refractivity contribution is 7.84. The average molecular weight is 310 g/mol. The van der Waals surface area contributed by atoms with Gasteiger partial charge >= 0.3 is 0 Å². The first kappa shape index (κ1) is 16.0. The Labute approximate surface area is 128 Å². The van der Waals surface area contributed by atoms with Crippen molar-refractivity contribution >= 4 is 16.7 Å². The van der Waals surface area contributed by atoms with E-state index in [1.54, 1.807) is 18.3 Å². The first-order valence-corrected chi connectivity index (χ1v) is 8.64. The zero-order valence-corrected chi connectivity index (χ0v) is 13.5. The molecule has 21 heavy (non-hydrogen) atoms. The summed E-state index contributed by atoms with van der Waals surface area (Å²) in [5.74, 6) is 0.835. The van der Waals surface area contributed by atoms with E-state index in [1.165, 1.54) is 0 Å². The molecular formula is C15H22N2O3S. The van der Waals surface area contributed by atoms with Crippen LogP contribution in [0.1, 0.15) is 25.1 Å². The number of benzene rings is 1. The predicted molar refractivity (Wildman–Crippen MR) is 83.6 cm³/mol. The van der Waals surface area contributed by atoms with Gasteiger partial charge in [-0.25, -0.2) is 0 Å². The van der Waals surface area contributed by atoms with E-state index < -0.39 is 10.8 Å². The third kappa shape index (κ3) is 3.63. The van der Waals surface area contributed by atoms with Crippen molar-refractivity contribution in [2.45, 2.75) is 24.8 Å². The monoisotopic (exact) mass is 310 g/mol. The summed E-state index contributed by atoms with van der Waals surface area (Å²) in [5, 5.41) is 3.30. The van der Waals surface area contributed by atoms with Gasteiger partial charge in [0, 0.05) is 34.4 Å². The minimum absolute atomic E-state index is 0.0694. The Morgan fingerprint density at radius 2 is 2.19 bits per heavy atom. The summed E-state index contributed by atoms with van der Waals surface area (Å²) in [6.45, 7) is 2.86. The number of rotatable bonds is 6. The molecule has 1 aliphatic rings. The first-order chi connectivity index (χ1) is 10.0. The van der Waals surface area contributed by atoms with E-state index in [0.29, 0.717) is 13.1 Å². The minimum Gasteiger partial charge on any atom is -0.496 e. The van der Waals surface area contributed by atoms with Crippen LogP contribution in [-0.4, -0.2) is 46.7 Å². The third-order valence-electron chi connectivity index (χ3n) is 3.86. The number of hydrogen-bond acceptors (Lipinski definition) is 4. The van der Waals surface area contributed by atoms with Gasteiger partial charge < -0.3 is 9.64 Å². The van der Waals surface area contributed by atoms with Crippen LogP contribution in [-0.2, 0) is 15.6 Å². The molecule has 0 bridgehead atoms. The SMILES string of the molecule is COc1ccccc1C1NCC(=O)N1CCC(C)S(C)=O. The van der Waals surface area contributed by atoms with Gasteiger partial charge in [0.2, 0.25) is 5.91 Å². The lowest BCUT2D eigenvalue weighted by atomic mass is 10.1. The second-order valence-corrected chi connectivity index (χ2v) is 7.01. The Bertz CT molecular complexity index is 535. The molecule has 3 unspecified atom stereocenters. The lowest BCUT2D eigenvalue weighted by Crippen LogP contribution is -2.33. The second-order valence-electron chi connectivity index (χ2n) is 5.21. The molecule has 2 rings (SSSR count). The molecule has 0 radical (unpaired) electrons. The van der Waals surface area contributed by atoms with E-state index in [-0.39, 0.29) is 17.3 Å². The van der Waals surface area contributed by atoms with Gasteiger partial charge in [-0.05, 0) is 12.5 Å². The summed E-state index contributed by atoms with van der Waals surface area (Å²) in [4.78, 5) is 13.9. The highest BCUT2D eigenvalue weighted by atomic mass is 32.2. The van der Waals surface area contributed by atoms with Gasteiger partial charge in [-0.1, -0.05) is 25.1 Å². The van der Waals surface area contributed by atoms with Crippen LogP contribution in [0.2, 0.25) is 0 Å². The summed E-state index contributed by atoms with van der Waals surface area (Å²) in [6.07, 6.45) is 2.25. The molecule has 1 fully saturated rings. The molecule has 1 amide bonds. The standard InChI is InChI=1S/C15H22N2O3S/c1-11(21(3)19)8-9-17-14(18)10-16-15(17)12-6-4-5-7-13(12)20-2/h4-7,11,15-16H,8-10H2,1-3H3. The Balaban J connectivity index is 2.14. The zero-order valence-electron chi connectivity index (χ0n) is 12.7. The Kier molecular flexibility index (Phi) is 5.36. The molecule has 0 aliphatic carbocycles. The zero-order chi connectivity index (χ0) is 15.4. The highest BCUT2D eigenvalue weighted by Gasteiger charge is 2.33. The van der Waals surface area contributed by atoms with E-state index in [2.05, 4.69) is 5.32 Å². The Hall–Kier alpha value is -1.40. The Morgan fingerprint density at radius 1 is 1.48 bits per heavy atom. The predicted octanol–water partition coefficient (Wildman–Crippen LogP) is 1.28. The van der Waals surface area contributed by atoms with Gasteiger partial charge in [-0.2, -0.15) is 0 Å². The van der Waals surface area contributed by atoms with Crippen molar-refractivity contribution in [3.63, 3.8) is 0 Å². The van der Waals surface area contributed by atoms with Gasteiger partial charge in [-0.3, -0.25) is 14.3 Å². The fourth-order valence-electron chi connectivity index (χ4n) is 2.45. The molecule has 0 saturated carbocycles.